The number of rotatable bonds is 6. The highest BCUT2D eigenvalue weighted by atomic mass is 32.2. The summed E-state index contributed by atoms with van der Waals surface area (Å²) in [5, 5.41) is 27.8. The minimum atomic E-state index is -4.45. The van der Waals surface area contributed by atoms with E-state index < -0.39 is 50.0 Å². The lowest BCUT2D eigenvalue weighted by molar-refractivity contribution is -0.387. The number of carboxylic acids is 1. The maximum Gasteiger partial charge on any atom is 0.324 e. The number of hydrogen-bond acceptors (Lipinski definition) is 6. The molecule has 1 atom stereocenters. The van der Waals surface area contributed by atoms with Crippen LogP contribution in [0.2, 0.25) is 0 Å². The zero-order chi connectivity index (χ0) is 15.5. The molecule has 0 saturated heterocycles. The van der Waals surface area contributed by atoms with Gasteiger partial charge in [0.05, 0.1) is 16.4 Å². The predicted octanol–water partition coefficient (Wildman–Crippen LogP) is -0.542. The second kappa shape index (κ2) is 5.90. The fraction of sp³-hybridized carbons (Fsp3) is 0.222. The maximum absolute atomic E-state index is 13.1. The van der Waals surface area contributed by atoms with Crippen LogP contribution in [0.1, 0.15) is 0 Å². The lowest BCUT2D eigenvalue weighted by Crippen LogP contribution is -2.43. The Morgan fingerprint density at radius 3 is 2.55 bits per heavy atom. The summed E-state index contributed by atoms with van der Waals surface area (Å²) in [6.45, 7) is -1.02. The fourth-order valence-electron chi connectivity index (χ4n) is 1.22. The first-order valence-electron chi connectivity index (χ1n) is 4.99. The Labute approximate surface area is 111 Å². The van der Waals surface area contributed by atoms with Crippen LogP contribution >= 0.6 is 0 Å². The van der Waals surface area contributed by atoms with E-state index in [1.807, 2.05) is 0 Å². The molecule has 0 fully saturated rings. The van der Waals surface area contributed by atoms with Crippen LogP contribution in [0.25, 0.3) is 0 Å². The third-order valence-electron chi connectivity index (χ3n) is 2.20. The standard InChI is InChI=1S/C9H9FN2O7S/c10-6-2-1-5(3-8(6)12(16)17)20(18,19)11-7(4-13)9(14)15/h1-3,7,11,13H,4H2,(H,14,15)/t7-/m0/s1. The Hall–Kier alpha value is -2.11. The van der Waals surface area contributed by atoms with Crippen LogP contribution in [0.5, 0.6) is 0 Å². The van der Waals surface area contributed by atoms with Crippen molar-refractivity contribution in [3.05, 3.63) is 34.1 Å². The quantitative estimate of drug-likeness (QED) is 0.472. The first-order valence-corrected chi connectivity index (χ1v) is 6.47. The van der Waals surface area contributed by atoms with Crippen LogP contribution in [0, 0.1) is 15.9 Å². The largest absolute Gasteiger partial charge is 0.480 e. The van der Waals surface area contributed by atoms with Crippen LogP contribution in [0.3, 0.4) is 0 Å². The Morgan fingerprint density at radius 1 is 1.50 bits per heavy atom. The molecule has 0 heterocycles. The van der Waals surface area contributed by atoms with Gasteiger partial charge in [-0.25, -0.2) is 8.42 Å². The summed E-state index contributed by atoms with van der Waals surface area (Å²) in [6.07, 6.45) is 0. The van der Waals surface area contributed by atoms with Gasteiger partial charge in [-0.2, -0.15) is 9.11 Å². The van der Waals surface area contributed by atoms with E-state index in [-0.39, 0.29) is 0 Å². The second-order valence-electron chi connectivity index (χ2n) is 3.57. The van der Waals surface area contributed by atoms with Crippen molar-refractivity contribution in [1.82, 2.24) is 4.72 Å². The average Bonchev–Trinajstić information content (AvgIpc) is 2.35. The lowest BCUT2D eigenvalue weighted by atomic mass is 10.3. The Morgan fingerprint density at radius 2 is 2.10 bits per heavy atom. The molecule has 20 heavy (non-hydrogen) atoms. The molecule has 0 amide bonds. The fourth-order valence-corrected chi connectivity index (χ4v) is 2.42. The molecule has 9 nitrogen and oxygen atoms in total. The van der Waals surface area contributed by atoms with E-state index in [4.69, 9.17) is 10.2 Å². The average molecular weight is 308 g/mol. The van der Waals surface area contributed by atoms with Crippen LogP contribution in [0.4, 0.5) is 10.1 Å². The van der Waals surface area contributed by atoms with Gasteiger partial charge in [0.25, 0.3) is 0 Å². The first-order chi connectivity index (χ1) is 9.19. The molecule has 0 aliphatic rings. The van der Waals surface area contributed by atoms with Crippen molar-refractivity contribution in [2.24, 2.45) is 0 Å². The van der Waals surface area contributed by atoms with Crippen molar-refractivity contribution in [2.75, 3.05) is 6.61 Å². The van der Waals surface area contributed by atoms with Gasteiger partial charge in [-0.05, 0) is 12.1 Å². The second-order valence-corrected chi connectivity index (χ2v) is 5.28. The highest BCUT2D eigenvalue weighted by Gasteiger charge is 2.27. The van der Waals surface area contributed by atoms with Crippen molar-refractivity contribution < 1.29 is 32.7 Å². The number of aliphatic hydroxyl groups excluding tert-OH is 1. The monoisotopic (exact) mass is 308 g/mol. The van der Waals surface area contributed by atoms with Gasteiger partial charge in [-0.3, -0.25) is 14.9 Å². The predicted molar refractivity (Wildman–Crippen MR) is 61.9 cm³/mol. The van der Waals surface area contributed by atoms with E-state index in [0.717, 1.165) is 6.07 Å². The van der Waals surface area contributed by atoms with Gasteiger partial charge in [0.1, 0.15) is 6.04 Å². The molecule has 0 saturated carbocycles. The van der Waals surface area contributed by atoms with Gasteiger partial charge in [-0.15, -0.1) is 0 Å². The molecule has 0 bridgehead atoms. The van der Waals surface area contributed by atoms with Crippen molar-refractivity contribution in [3.8, 4) is 0 Å². The van der Waals surface area contributed by atoms with Gasteiger partial charge in [0.15, 0.2) is 0 Å². The third kappa shape index (κ3) is 3.46. The summed E-state index contributed by atoms with van der Waals surface area (Å²) < 4.78 is 38.2. The van der Waals surface area contributed by atoms with E-state index in [9.17, 15) is 27.7 Å². The molecular weight excluding hydrogens is 299 g/mol. The van der Waals surface area contributed by atoms with Crippen molar-refractivity contribution in [3.63, 3.8) is 0 Å². The number of benzene rings is 1. The lowest BCUT2D eigenvalue weighted by Gasteiger charge is -2.12. The highest BCUT2D eigenvalue weighted by molar-refractivity contribution is 7.89. The van der Waals surface area contributed by atoms with Gasteiger partial charge in [0.2, 0.25) is 15.8 Å². The summed E-state index contributed by atoms with van der Waals surface area (Å²) >= 11 is 0. The molecule has 0 unspecified atom stereocenters. The SMILES string of the molecule is O=C(O)[C@H](CO)NS(=O)(=O)c1ccc(F)c([N+](=O)[O-])c1. The number of nitro benzene ring substituents is 1. The van der Waals surface area contributed by atoms with Crippen molar-refractivity contribution >= 4 is 21.7 Å². The Bertz CT molecular complexity index is 646. The van der Waals surface area contributed by atoms with E-state index in [0.29, 0.717) is 12.1 Å². The van der Waals surface area contributed by atoms with Gasteiger partial charge < -0.3 is 10.2 Å². The number of carboxylic acid groups (broad SMARTS) is 1. The maximum atomic E-state index is 13.1. The smallest absolute Gasteiger partial charge is 0.324 e. The van der Waals surface area contributed by atoms with Gasteiger partial charge in [0, 0.05) is 6.07 Å². The molecule has 0 aliphatic heterocycles. The first kappa shape index (κ1) is 15.9. The number of nitrogens with one attached hydrogen (secondary N) is 1. The van der Waals surface area contributed by atoms with Crippen LogP contribution in [0.15, 0.2) is 23.1 Å². The molecule has 11 heteroatoms. The molecule has 110 valence electrons. The third-order valence-corrected chi connectivity index (χ3v) is 3.67. The molecular formula is C9H9FN2O7S. The Kier molecular flexibility index (Phi) is 4.70. The summed E-state index contributed by atoms with van der Waals surface area (Å²) in [4.78, 5) is 19.3. The minimum Gasteiger partial charge on any atom is -0.480 e. The van der Waals surface area contributed by atoms with Crippen LogP contribution in [-0.2, 0) is 14.8 Å². The summed E-state index contributed by atoms with van der Waals surface area (Å²) in [7, 11) is -4.45. The normalized spacial score (nSPS) is 12.9. The van der Waals surface area contributed by atoms with Crippen molar-refractivity contribution in [1.29, 1.82) is 0 Å². The molecule has 0 spiro atoms. The topological polar surface area (TPSA) is 147 Å². The van der Waals surface area contributed by atoms with E-state index in [2.05, 4.69) is 0 Å². The highest BCUT2D eigenvalue weighted by Crippen LogP contribution is 2.21. The van der Waals surface area contributed by atoms with Crippen LogP contribution < -0.4 is 4.72 Å². The minimum absolute atomic E-state index is 0.452. The molecule has 0 aliphatic carbocycles. The molecule has 1 aromatic rings. The Balaban J connectivity index is 3.19. The number of halogens is 1. The molecule has 1 aromatic carbocycles. The van der Waals surface area contributed by atoms with E-state index in [1.165, 1.54) is 0 Å². The van der Waals surface area contributed by atoms with E-state index >= 15 is 0 Å². The zero-order valence-electron chi connectivity index (χ0n) is 9.69. The van der Waals surface area contributed by atoms with Gasteiger partial charge in [-0.1, -0.05) is 0 Å². The molecule has 0 aromatic heterocycles. The number of sulfonamides is 1. The zero-order valence-corrected chi connectivity index (χ0v) is 10.5. The molecule has 1 rings (SSSR count). The number of carbonyl (C=O) groups is 1. The summed E-state index contributed by atoms with van der Waals surface area (Å²) in [5.41, 5.74) is -1.07. The van der Waals surface area contributed by atoms with Crippen molar-refractivity contribution in [2.45, 2.75) is 10.9 Å². The number of nitro groups is 1. The molecule has 0 radical (unpaired) electrons. The summed E-state index contributed by atoms with van der Waals surface area (Å²) in [5.74, 6) is -2.86. The van der Waals surface area contributed by atoms with E-state index in [1.54, 1.807) is 4.72 Å². The number of nitrogens with zero attached hydrogens (tertiary/aromatic N) is 1. The number of aliphatic carboxylic acids is 1. The molecule has 3 N–H and O–H groups in total. The summed E-state index contributed by atoms with van der Waals surface area (Å²) in [6, 6.07) is -0.0554. The number of aliphatic hydroxyl groups is 1. The number of hydrogen-bond donors (Lipinski definition) is 3. The van der Waals surface area contributed by atoms with Crippen LogP contribution in [-0.4, -0.2) is 42.2 Å². The van der Waals surface area contributed by atoms with Gasteiger partial charge >= 0.3 is 11.7 Å².